The van der Waals surface area contributed by atoms with E-state index in [9.17, 15) is 18.5 Å². The van der Waals surface area contributed by atoms with Crippen molar-refractivity contribution in [1.29, 1.82) is 5.26 Å². The summed E-state index contributed by atoms with van der Waals surface area (Å²) in [6.07, 6.45) is 3.15. The van der Waals surface area contributed by atoms with Crippen LogP contribution in [0.1, 0.15) is 49.9 Å². The lowest BCUT2D eigenvalue weighted by Crippen LogP contribution is -2.31. The number of aromatic nitrogens is 1. The number of fused-ring (bicyclic) bond motifs is 1. The van der Waals surface area contributed by atoms with E-state index in [1.54, 1.807) is 12.1 Å². The predicted octanol–water partition coefficient (Wildman–Crippen LogP) is 4.63. The number of Topliss-reactive ketones (excluding diaryl/α,β-unsaturated/α-hetero) is 1. The highest BCUT2D eigenvalue weighted by atomic mass is 32.2. The van der Waals surface area contributed by atoms with Crippen LogP contribution >= 0.6 is 11.3 Å². The first-order valence-electron chi connectivity index (χ1n) is 11.0. The Labute approximate surface area is 203 Å². The molecule has 2 aromatic carbocycles. The number of nitrogens with one attached hydrogen (secondary N) is 1. The summed E-state index contributed by atoms with van der Waals surface area (Å²) in [5, 5.41) is 10.3. The number of nitrogens with zero attached hydrogens (tertiary/aromatic N) is 2. The molecule has 4 rings (SSSR count). The quantitative estimate of drug-likeness (QED) is 0.488. The van der Waals surface area contributed by atoms with E-state index in [2.05, 4.69) is 15.8 Å². The second-order valence-electron chi connectivity index (χ2n) is 8.56. The largest absolute Gasteiger partial charge is 0.490 e. The van der Waals surface area contributed by atoms with Crippen molar-refractivity contribution in [3.8, 4) is 32.8 Å². The molecule has 1 aromatic heterocycles. The Morgan fingerprint density at radius 2 is 2.12 bits per heavy atom. The summed E-state index contributed by atoms with van der Waals surface area (Å²) in [5.41, 5.74) is 4.35. The molecule has 0 radical (unpaired) electrons. The number of rotatable bonds is 8. The van der Waals surface area contributed by atoms with Crippen LogP contribution in [0.3, 0.4) is 0 Å². The highest BCUT2D eigenvalue weighted by Gasteiger charge is 2.29. The zero-order chi connectivity index (χ0) is 24.5. The van der Waals surface area contributed by atoms with Gasteiger partial charge < -0.3 is 4.74 Å². The minimum absolute atomic E-state index is 0.0274. The summed E-state index contributed by atoms with van der Waals surface area (Å²) in [6, 6.07) is 13.2. The predicted molar refractivity (Wildman–Crippen MR) is 132 cm³/mol. The molecule has 0 amide bonds. The minimum atomic E-state index is -3.68. The average molecular weight is 496 g/mol. The second kappa shape index (κ2) is 9.66. The molecule has 0 saturated heterocycles. The standard InChI is InChI=1S/C25H25N3O4S2/c1-15(2)32-23-10-7-17(11-18(23)12-26)25-27-13-24(33-25)21-6-4-5-20-19(21)8-9-22(20)28-34(30,31)14-16(3)29/h4-7,10-11,13,15,22,28H,8-9,14H2,1-3H3/t22-/m1/s1. The number of nitriles is 1. The molecule has 1 aliphatic carbocycles. The molecule has 9 heteroatoms. The fourth-order valence-corrected chi connectivity index (χ4v) is 6.43. The summed E-state index contributed by atoms with van der Waals surface area (Å²) < 4.78 is 33.0. The molecule has 1 heterocycles. The van der Waals surface area contributed by atoms with Gasteiger partial charge in [-0.05, 0) is 68.5 Å². The van der Waals surface area contributed by atoms with Crippen LogP contribution in [0.5, 0.6) is 5.75 Å². The number of ketones is 1. The molecule has 0 unspecified atom stereocenters. The van der Waals surface area contributed by atoms with Crippen LogP contribution in [-0.2, 0) is 21.2 Å². The fourth-order valence-electron chi connectivity index (χ4n) is 4.17. The number of carbonyl (C=O) groups is 1. The van der Waals surface area contributed by atoms with E-state index in [1.165, 1.54) is 18.3 Å². The number of hydrogen-bond acceptors (Lipinski definition) is 7. The highest BCUT2D eigenvalue weighted by Crippen LogP contribution is 2.41. The van der Waals surface area contributed by atoms with Gasteiger partial charge in [0.15, 0.2) is 0 Å². The molecule has 3 aromatic rings. The fraction of sp³-hybridized carbons (Fsp3) is 0.320. The van der Waals surface area contributed by atoms with Gasteiger partial charge in [0.05, 0.1) is 16.5 Å². The first-order chi connectivity index (χ1) is 16.2. The number of ether oxygens (including phenoxy) is 1. The van der Waals surface area contributed by atoms with Crippen LogP contribution in [0.4, 0.5) is 0 Å². The van der Waals surface area contributed by atoms with E-state index in [0.29, 0.717) is 17.7 Å². The Bertz CT molecular complexity index is 1390. The number of benzene rings is 2. The molecule has 0 spiro atoms. The van der Waals surface area contributed by atoms with Gasteiger partial charge in [-0.15, -0.1) is 11.3 Å². The van der Waals surface area contributed by atoms with Crippen LogP contribution in [0, 0.1) is 11.3 Å². The van der Waals surface area contributed by atoms with Crippen molar-refractivity contribution < 1.29 is 17.9 Å². The maximum Gasteiger partial charge on any atom is 0.219 e. The van der Waals surface area contributed by atoms with Crippen molar-refractivity contribution in [2.75, 3.05) is 5.75 Å². The Kier molecular flexibility index (Phi) is 6.84. The van der Waals surface area contributed by atoms with Gasteiger partial charge in [0.25, 0.3) is 0 Å². The van der Waals surface area contributed by atoms with Gasteiger partial charge in [0.1, 0.15) is 28.4 Å². The van der Waals surface area contributed by atoms with Gasteiger partial charge in [-0.25, -0.2) is 18.1 Å². The third-order valence-electron chi connectivity index (χ3n) is 5.47. The first kappa shape index (κ1) is 24.1. The molecule has 34 heavy (non-hydrogen) atoms. The van der Waals surface area contributed by atoms with E-state index in [0.717, 1.165) is 38.6 Å². The lowest BCUT2D eigenvalue weighted by Gasteiger charge is -2.14. The molecule has 0 fully saturated rings. The van der Waals surface area contributed by atoms with Gasteiger partial charge in [-0.3, -0.25) is 4.79 Å². The molecule has 0 bridgehead atoms. The molecule has 1 atom stereocenters. The van der Waals surface area contributed by atoms with E-state index < -0.39 is 15.8 Å². The monoisotopic (exact) mass is 495 g/mol. The van der Waals surface area contributed by atoms with Gasteiger partial charge >= 0.3 is 0 Å². The highest BCUT2D eigenvalue weighted by molar-refractivity contribution is 7.90. The molecule has 7 nitrogen and oxygen atoms in total. The van der Waals surface area contributed by atoms with Gasteiger partial charge in [0.2, 0.25) is 10.0 Å². The van der Waals surface area contributed by atoms with E-state index >= 15 is 0 Å². The molecular formula is C25H25N3O4S2. The molecule has 0 aliphatic heterocycles. The van der Waals surface area contributed by atoms with Crippen LogP contribution in [-0.4, -0.2) is 31.0 Å². The molecule has 0 saturated carbocycles. The third-order valence-corrected chi connectivity index (χ3v) is 7.98. The summed E-state index contributed by atoms with van der Waals surface area (Å²) in [4.78, 5) is 16.9. The lowest BCUT2D eigenvalue weighted by molar-refractivity contribution is -0.114. The van der Waals surface area contributed by atoms with Crippen molar-refractivity contribution in [2.24, 2.45) is 0 Å². The third kappa shape index (κ3) is 5.20. The summed E-state index contributed by atoms with van der Waals surface area (Å²) in [7, 11) is -3.68. The van der Waals surface area contributed by atoms with Gasteiger partial charge in [0, 0.05) is 17.8 Å². The number of carbonyl (C=O) groups excluding carboxylic acids is 1. The zero-order valence-corrected chi connectivity index (χ0v) is 20.8. The normalized spacial score (nSPS) is 15.2. The molecule has 1 aliphatic rings. The summed E-state index contributed by atoms with van der Waals surface area (Å²) >= 11 is 1.52. The Morgan fingerprint density at radius 1 is 1.32 bits per heavy atom. The van der Waals surface area contributed by atoms with Crippen molar-refractivity contribution in [2.45, 2.75) is 45.8 Å². The van der Waals surface area contributed by atoms with Crippen LogP contribution in [0.15, 0.2) is 42.6 Å². The number of hydrogen-bond donors (Lipinski definition) is 1. The first-order valence-corrected chi connectivity index (χ1v) is 13.4. The number of thiazole rings is 1. The maximum atomic E-state index is 12.3. The van der Waals surface area contributed by atoms with E-state index in [4.69, 9.17) is 4.74 Å². The zero-order valence-electron chi connectivity index (χ0n) is 19.2. The van der Waals surface area contributed by atoms with E-state index in [-0.39, 0.29) is 17.9 Å². The number of sulfonamides is 1. The van der Waals surface area contributed by atoms with Gasteiger partial charge in [-0.2, -0.15) is 5.26 Å². The average Bonchev–Trinajstić information content (AvgIpc) is 3.40. The molecular weight excluding hydrogens is 470 g/mol. The van der Waals surface area contributed by atoms with Crippen LogP contribution < -0.4 is 9.46 Å². The Balaban J connectivity index is 1.62. The maximum absolute atomic E-state index is 12.3. The summed E-state index contributed by atoms with van der Waals surface area (Å²) in [6.45, 7) is 5.10. The van der Waals surface area contributed by atoms with Gasteiger partial charge in [-0.1, -0.05) is 18.2 Å². The lowest BCUT2D eigenvalue weighted by atomic mass is 10.0. The second-order valence-corrected chi connectivity index (χ2v) is 11.3. The summed E-state index contributed by atoms with van der Waals surface area (Å²) in [5.74, 6) is -0.347. The van der Waals surface area contributed by atoms with E-state index in [1.807, 2.05) is 44.3 Å². The molecule has 176 valence electrons. The Morgan fingerprint density at radius 3 is 2.82 bits per heavy atom. The minimum Gasteiger partial charge on any atom is -0.490 e. The SMILES string of the molecule is CC(=O)CS(=O)(=O)N[C@@H]1CCc2c(-c3cnc(-c4ccc(OC(C)C)c(C#N)c4)s3)cccc21. The topological polar surface area (TPSA) is 109 Å². The Hall–Kier alpha value is -3.06. The van der Waals surface area contributed by atoms with Crippen molar-refractivity contribution >= 4 is 27.1 Å². The van der Waals surface area contributed by atoms with Crippen molar-refractivity contribution in [3.05, 3.63) is 59.3 Å². The smallest absolute Gasteiger partial charge is 0.219 e. The van der Waals surface area contributed by atoms with Crippen molar-refractivity contribution in [1.82, 2.24) is 9.71 Å². The van der Waals surface area contributed by atoms with Crippen LogP contribution in [0.2, 0.25) is 0 Å². The van der Waals surface area contributed by atoms with Crippen molar-refractivity contribution in [3.63, 3.8) is 0 Å². The van der Waals surface area contributed by atoms with Crippen LogP contribution in [0.25, 0.3) is 21.0 Å². The molecule has 1 N–H and O–H groups in total.